The molecule has 2 aliphatic rings. The van der Waals surface area contributed by atoms with Crippen molar-refractivity contribution in [1.29, 1.82) is 0 Å². The second-order valence-corrected chi connectivity index (χ2v) is 13.5. The number of aromatic carboxylic acids is 1. The van der Waals surface area contributed by atoms with Gasteiger partial charge in [-0.2, -0.15) is 9.40 Å². The Morgan fingerprint density at radius 2 is 1.93 bits per heavy atom. The summed E-state index contributed by atoms with van der Waals surface area (Å²) < 4.78 is 52.7. The van der Waals surface area contributed by atoms with E-state index in [0.717, 1.165) is 25.0 Å². The van der Waals surface area contributed by atoms with Crippen molar-refractivity contribution in [3.63, 3.8) is 0 Å². The Morgan fingerprint density at radius 1 is 1.12 bits per heavy atom. The van der Waals surface area contributed by atoms with Gasteiger partial charge in [-0.15, -0.1) is 0 Å². The molecule has 0 radical (unpaired) electrons. The highest BCUT2D eigenvalue weighted by molar-refractivity contribution is 7.89. The lowest BCUT2D eigenvalue weighted by Crippen LogP contribution is -2.29. The molecule has 2 aromatic heterocycles. The van der Waals surface area contributed by atoms with E-state index in [-0.39, 0.29) is 36.5 Å². The Bertz CT molecular complexity index is 1820. The van der Waals surface area contributed by atoms with Crippen molar-refractivity contribution in [2.45, 2.75) is 58.5 Å². The van der Waals surface area contributed by atoms with Crippen LogP contribution in [0.3, 0.4) is 0 Å². The van der Waals surface area contributed by atoms with Crippen molar-refractivity contribution in [3.8, 4) is 16.9 Å². The molecule has 0 amide bonds. The zero-order valence-corrected chi connectivity index (χ0v) is 24.9. The monoisotopic (exact) mass is 594 g/mol. The van der Waals surface area contributed by atoms with Gasteiger partial charge in [0.2, 0.25) is 10.0 Å². The smallest absolute Gasteiger partial charge is 0.352 e. The molecule has 9 nitrogen and oxygen atoms in total. The molecule has 0 saturated carbocycles. The fraction of sp³-hybridized carbons (Fsp3) is 0.419. The maximum atomic E-state index is 15.9. The van der Waals surface area contributed by atoms with Crippen LogP contribution >= 0.6 is 0 Å². The first kappa shape index (κ1) is 28.4. The number of halogens is 1. The molecule has 3 heterocycles. The Morgan fingerprint density at radius 3 is 2.71 bits per heavy atom. The van der Waals surface area contributed by atoms with E-state index in [0.29, 0.717) is 52.9 Å². The average Bonchev–Trinajstić information content (AvgIpc) is 3.61. The van der Waals surface area contributed by atoms with Crippen molar-refractivity contribution < 1.29 is 27.4 Å². The van der Waals surface area contributed by atoms with Crippen LogP contribution in [0.15, 0.2) is 30.3 Å². The minimum absolute atomic E-state index is 0.0188. The number of nitrogens with zero attached hydrogens (tertiary/aromatic N) is 4. The molecule has 6 rings (SSSR count). The zero-order chi connectivity index (χ0) is 29.8. The van der Waals surface area contributed by atoms with Crippen LogP contribution in [0.25, 0.3) is 22.0 Å². The second kappa shape index (κ2) is 10.9. The van der Waals surface area contributed by atoms with Crippen LogP contribution in [-0.2, 0) is 49.4 Å². The molecule has 0 atom stereocenters. The molecule has 0 spiro atoms. The second-order valence-electron chi connectivity index (χ2n) is 11.3. The highest BCUT2D eigenvalue weighted by Gasteiger charge is 2.31. The summed E-state index contributed by atoms with van der Waals surface area (Å²) in [5, 5.41) is 15.7. The van der Waals surface area contributed by atoms with Crippen molar-refractivity contribution in [1.82, 2.24) is 18.7 Å². The summed E-state index contributed by atoms with van der Waals surface area (Å²) in [6, 6.07) is 9.14. The first-order chi connectivity index (χ1) is 20.1. The number of benzene rings is 2. The Labute approximate surface area is 244 Å². The number of ether oxygens (including phenoxy) is 1. The van der Waals surface area contributed by atoms with E-state index in [1.54, 1.807) is 22.4 Å². The standard InChI is InChI=1S/C31H35FN4O5S/c1-19-27-25(33-35(19)3)18-34(2)42(39,40)17-7-15-36-29-23(13-14-24(32)28(27)29)22(30(36)31(37)38)11-6-16-41-26-12-5-9-20-8-4-10-21(20)26/h5,9,12-14H,4,6-8,10-11,15-18H2,1-3H3,(H,37,38). The van der Waals surface area contributed by atoms with Crippen molar-refractivity contribution >= 4 is 26.9 Å². The predicted molar refractivity (Wildman–Crippen MR) is 158 cm³/mol. The van der Waals surface area contributed by atoms with Gasteiger partial charge in [0.1, 0.15) is 17.3 Å². The van der Waals surface area contributed by atoms with Crippen LogP contribution in [0.5, 0.6) is 5.75 Å². The molecule has 222 valence electrons. The number of sulfonamides is 1. The van der Waals surface area contributed by atoms with Gasteiger partial charge < -0.3 is 14.4 Å². The summed E-state index contributed by atoms with van der Waals surface area (Å²) in [7, 11) is -0.428. The first-order valence-electron chi connectivity index (χ1n) is 14.4. The highest BCUT2D eigenvalue weighted by Crippen LogP contribution is 2.41. The maximum Gasteiger partial charge on any atom is 0.352 e. The van der Waals surface area contributed by atoms with Crippen molar-refractivity contribution in [3.05, 3.63) is 69.9 Å². The topological polar surface area (TPSA) is 107 Å². The Hall–Kier alpha value is -3.70. The van der Waals surface area contributed by atoms with E-state index in [1.807, 2.05) is 19.1 Å². The van der Waals surface area contributed by atoms with E-state index in [2.05, 4.69) is 11.2 Å². The van der Waals surface area contributed by atoms with Gasteiger partial charge in [0.05, 0.1) is 30.1 Å². The molecule has 0 saturated heterocycles. The molecule has 1 N–H and O–H groups in total. The quantitative estimate of drug-likeness (QED) is 0.320. The molecular formula is C31H35FN4O5S. The summed E-state index contributed by atoms with van der Waals surface area (Å²) in [6.07, 6.45) is 4.32. The van der Waals surface area contributed by atoms with Gasteiger partial charge in [-0.1, -0.05) is 12.1 Å². The van der Waals surface area contributed by atoms with Gasteiger partial charge in [0, 0.05) is 42.8 Å². The van der Waals surface area contributed by atoms with Gasteiger partial charge >= 0.3 is 5.97 Å². The van der Waals surface area contributed by atoms with Crippen molar-refractivity contribution in [2.75, 3.05) is 19.4 Å². The molecule has 11 heteroatoms. The van der Waals surface area contributed by atoms with Gasteiger partial charge in [0.25, 0.3) is 0 Å². The number of carboxylic acid groups (broad SMARTS) is 1. The lowest BCUT2D eigenvalue weighted by molar-refractivity contribution is 0.0684. The SMILES string of the molecule is Cc1c2c(nn1C)CN(C)S(=O)(=O)CCCn1c(C(=O)O)c(CCCOc3cccc4c3CCC4)c3ccc(F)c-2c31. The van der Waals surface area contributed by atoms with E-state index in [1.165, 1.54) is 28.5 Å². The lowest BCUT2D eigenvalue weighted by Gasteiger charge is -2.16. The summed E-state index contributed by atoms with van der Waals surface area (Å²) in [6.45, 7) is 2.31. The van der Waals surface area contributed by atoms with Gasteiger partial charge in [-0.05, 0) is 80.3 Å². The number of hydrogen-bond donors (Lipinski definition) is 1. The number of carbonyl (C=O) groups is 1. The summed E-state index contributed by atoms with van der Waals surface area (Å²) in [4.78, 5) is 12.8. The van der Waals surface area contributed by atoms with Crippen LogP contribution in [0.4, 0.5) is 4.39 Å². The van der Waals surface area contributed by atoms with E-state index in [9.17, 15) is 18.3 Å². The van der Waals surface area contributed by atoms with E-state index >= 15 is 4.39 Å². The van der Waals surface area contributed by atoms with Gasteiger partial charge in [-0.25, -0.2) is 17.6 Å². The number of carboxylic acids is 1. The van der Waals surface area contributed by atoms with Crippen LogP contribution in [0, 0.1) is 12.7 Å². The molecule has 1 aliphatic carbocycles. The minimum Gasteiger partial charge on any atom is -0.493 e. The van der Waals surface area contributed by atoms with E-state index in [4.69, 9.17) is 4.74 Å². The third-order valence-corrected chi connectivity index (χ3v) is 10.6. The van der Waals surface area contributed by atoms with Crippen LogP contribution < -0.4 is 4.74 Å². The number of aromatic nitrogens is 3. The summed E-state index contributed by atoms with van der Waals surface area (Å²) >= 11 is 0. The molecule has 4 aromatic rings. The van der Waals surface area contributed by atoms with Gasteiger partial charge in [-0.3, -0.25) is 4.68 Å². The highest BCUT2D eigenvalue weighted by atomic mass is 32.2. The van der Waals surface area contributed by atoms with Crippen LogP contribution in [0.1, 0.15) is 57.8 Å². The fourth-order valence-electron chi connectivity index (χ4n) is 6.59. The molecule has 0 bridgehead atoms. The molecule has 1 aliphatic heterocycles. The Balaban J connectivity index is 1.46. The lowest BCUT2D eigenvalue weighted by atomic mass is 9.97. The molecular weight excluding hydrogens is 559 g/mol. The third-order valence-electron chi connectivity index (χ3n) is 8.70. The molecule has 0 unspecified atom stereocenters. The Kier molecular flexibility index (Phi) is 7.34. The number of hydrogen-bond acceptors (Lipinski definition) is 5. The minimum atomic E-state index is -3.65. The maximum absolute atomic E-state index is 15.9. The number of aryl methyl sites for hydroxylation is 4. The van der Waals surface area contributed by atoms with Gasteiger partial charge in [0.15, 0.2) is 0 Å². The third kappa shape index (κ3) is 4.78. The summed E-state index contributed by atoms with van der Waals surface area (Å²) in [5.74, 6) is -0.922. The van der Waals surface area contributed by atoms with E-state index < -0.39 is 21.8 Å². The molecule has 42 heavy (non-hydrogen) atoms. The summed E-state index contributed by atoms with van der Waals surface area (Å²) in [5.41, 5.74) is 5.53. The first-order valence-corrected chi connectivity index (χ1v) is 16.0. The van der Waals surface area contributed by atoms with Crippen LogP contribution in [0.2, 0.25) is 0 Å². The molecule has 2 aromatic carbocycles. The molecule has 0 fully saturated rings. The number of fused-ring (bicyclic) bond motifs is 3. The fourth-order valence-corrected chi connectivity index (χ4v) is 7.71. The largest absolute Gasteiger partial charge is 0.493 e. The van der Waals surface area contributed by atoms with Crippen molar-refractivity contribution in [2.24, 2.45) is 7.05 Å². The number of rotatable bonds is 6. The average molecular weight is 595 g/mol. The normalized spacial score (nSPS) is 16.7. The van der Waals surface area contributed by atoms with Crippen LogP contribution in [-0.4, -0.2) is 57.6 Å². The zero-order valence-electron chi connectivity index (χ0n) is 24.1. The predicted octanol–water partition coefficient (Wildman–Crippen LogP) is 4.85.